The number of hydrogen-bond donors (Lipinski definition) is 1. The average molecular weight is 559 g/mol. The first-order valence-electron chi connectivity index (χ1n) is 11.5. The van der Waals surface area contributed by atoms with E-state index in [0.717, 1.165) is 51.8 Å². The summed E-state index contributed by atoms with van der Waals surface area (Å²) in [5.41, 5.74) is 2.52. The summed E-state index contributed by atoms with van der Waals surface area (Å²) in [6, 6.07) is 8.70. The molecule has 2 saturated heterocycles. The van der Waals surface area contributed by atoms with Crippen LogP contribution in [0.15, 0.2) is 29.3 Å². The topological polar surface area (TPSA) is 69.6 Å². The van der Waals surface area contributed by atoms with Gasteiger partial charge < -0.3 is 24.6 Å². The van der Waals surface area contributed by atoms with Gasteiger partial charge in [0.25, 0.3) is 0 Å². The fourth-order valence-corrected chi connectivity index (χ4v) is 4.03. The normalized spacial score (nSPS) is 20.0. The number of piperazine rings is 1. The van der Waals surface area contributed by atoms with E-state index in [1.54, 1.807) is 4.90 Å². The van der Waals surface area contributed by atoms with Crippen LogP contribution in [0.3, 0.4) is 0 Å². The zero-order valence-electron chi connectivity index (χ0n) is 19.6. The number of nitrogens with one attached hydrogen (secondary N) is 1. The molecule has 0 aromatic heterocycles. The van der Waals surface area contributed by atoms with Crippen molar-refractivity contribution < 1.29 is 14.3 Å². The molecule has 1 unspecified atom stereocenters. The third-order valence-corrected chi connectivity index (χ3v) is 5.57. The summed E-state index contributed by atoms with van der Waals surface area (Å²) in [4.78, 5) is 23.2. The SMILES string of the molecule is CCNC(=NCc1cccc(CN2CCOC(C)C2)c1)N1CCN(C(=O)OCC)CC1.I. The number of carbonyl (C=O) groups excluding carboxylic acids is 1. The Balaban J connectivity index is 0.00000363. The van der Waals surface area contributed by atoms with E-state index in [1.165, 1.54) is 11.1 Å². The summed E-state index contributed by atoms with van der Waals surface area (Å²) in [7, 11) is 0. The van der Waals surface area contributed by atoms with Crippen molar-refractivity contribution in [2.45, 2.75) is 40.0 Å². The fraction of sp³-hybridized carbons (Fsp3) is 0.652. The number of ether oxygens (including phenoxy) is 2. The Kier molecular flexibility index (Phi) is 11.5. The van der Waals surface area contributed by atoms with Gasteiger partial charge in [0.1, 0.15) is 0 Å². The standard InChI is InChI=1S/C23H37N5O3.HI/c1-4-24-22(27-9-11-28(12-10-27)23(29)30-5-2)25-16-20-7-6-8-21(15-20)18-26-13-14-31-19(3)17-26;/h6-8,15,19H,4-5,9-14,16-18H2,1-3H3,(H,24,25);1H. The highest BCUT2D eigenvalue weighted by Crippen LogP contribution is 2.13. The Hall–Kier alpha value is -1.59. The maximum Gasteiger partial charge on any atom is 0.409 e. The third kappa shape index (κ3) is 8.08. The highest BCUT2D eigenvalue weighted by atomic mass is 127. The van der Waals surface area contributed by atoms with Crippen molar-refractivity contribution in [3.05, 3.63) is 35.4 Å². The van der Waals surface area contributed by atoms with Crippen LogP contribution in [0.4, 0.5) is 4.79 Å². The Morgan fingerprint density at radius 1 is 1.16 bits per heavy atom. The summed E-state index contributed by atoms with van der Waals surface area (Å²) in [5.74, 6) is 0.901. The van der Waals surface area contributed by atoms with E-state index in [0.29, 0.717) is 32.3 Å². The van der Waals surface area contributed by atoms with Crippen LogP contribution in [0.2, 0.25) is 0 Å². The lowest BCUT2D eigenvalue weighted by Crippen LogP contribution is -2.53. The highest BCUT2D eigenvalue weighted by Gasteiger charge is 2.23. The van der Waals surface area contributed by atoms with E-state index < -0.39 is 0 Å². The Morgan fingerprint density at radius 2 is 1.88 bits per heavy atom. The lowest BCUT2D eigenvalue weighted by molar-refractivity contribution is -0.0212. The van der Waals surface area contributed by atoms with E-state index in [4.69, 9.17) is 14.5 Å². The number of morpholine rings is 1. The quantitative estimate of drug-likeness (QED) is 0.329. The van der Waals surface area contributed by atoms with Crippen molar-refractivity contribution in [3.63, 3.8) is 0 Å². The largest absolute Gasteiger partial charge is 0.450 e. The molecule has 180 valence electrons. The molecule has 1 N–H and O–H groups in total. The third-order valence-electron chi connectivity index (χ3n) is 5.57. The second-order valence-corrected chi connectivity index (χ2v) is 8.08. The molecule has 1 atom stereocenters. The van der Waals surface area contributed by atoms with Crippen molar-refractivity contribution in [3.8, 4) is 0 Å². The summed E-state index contributed by atoms with van der Waals surface area (Å²) < 4.78 is 10.8. The number of halogens is 1. The molecule has 1 amide bonds. The van der Waals surface area contributed by atoms with Crippen molar-refractivity contribution in [1.29, 1.82) is 0 Å². The molecule has 1 aromatic carbocycles. The molecule has 2 aliphatic heterocycles. The molecule has 0 radical (unpaired) electrons. The maximum atomic E-state index is 11.9. The molecular weight excluding hydrogens is 521 g/mol. The molecule has 3 rings (SSSR count). The minimum absolute atomic E-state index is 0. The van der Waals surface area contributed by atoms with Crippen LogP contribution in [-0.4, -0.2) is 91.9 Å². The number of hydrogen-bond acceptors (Lipinski definition) is 5. The molecule has 8 nitrogen and oxygen atoms in total. The summed E-state index contributed by atoms with van der Waals surface area (Å²) >= 11 is 0. The minimum atomic E-state index is -0.226. The van der Waals surface area contributed by atoms with Gasteiger partial charge in [-0.05, 0) is 31.9 Å². The number of aliphatic imine (C=N–C) groups is 1. The number of rotatable bonds is 6. The molecule has 0 bridgehead atoms. The van der Waals surface area contributed by atoms with Gasteiger partial charge in [-0.25, -0.2) is 9.79 Å². The monoisotopic (exact) mass is 559 g/mol. The van der Waals surface area contributed by atoms with Crippen LogP contribution >= 0.6 is 24.0 Å². The summed E-state index contributed by atoms with van der Waals surface area (Å²) in [5, 5.41) is 3.40. The predicted molar refractivity (Wildman–Crippen MR) is 138 cm³/mol. The molecule has 0 saturated carbocycles. The lowest BCUT2D eigenvalue weighted by atomic mass is 10.1. The van der Waals surface area contributed by atoms with Crippen LogP contribution < -0.4 is 5.32 Å². The first kappa shape index (κ1) is 26.7. The Morgan fingerprint density at radius 3 is 2.56 bits per heavy atom. The van der Waals surface area contributed by atoms with Gasteiger partial charge in [0.2, 0.25) is 0 Å². The first-order valence-corrected chi connectivity index (χ1v) is 11.5. The van der Waals surface area contributed by atoms with E-state index in [2.05, 4.69) is 53.2 Å². The van der Waals surface area contributed by atoms with Crippen LogP contribution in [0.5, 0.6) is 0 Å². The van der Waals surface area contributed by atoms with E-state index in [9.17, 15) is 4.79 Å². The maximum absolute atomic E-state index is 11.9. The second-order valence-electron chi connectivity index (χ2n) is 8.08. The van der Waals surface area contributed by atoms with Crippen LogP contribution in [0.1, 0.15) is 31.9 Å². The molecule has 2 fully saturated rings. The summed E-state index contributed by atoms with van der Waals surface area (Å²) in [6.07, 6.45) is 0.0732. The molecule has 32 heavy (non-hydrogen) atoms. The molecular formula is C23H38IN5O3. The van der Waals surface area contributed by atoms with Crippen molar-refractivity contribution in [2.24, 2.45) is 4.99 Å². The van der Waals surface area contributed by atoms with Gasteiger partial charge >= 0.3 is 6.09 Å². The second kappa shape index (κ2) is 13.8. The van der Waals surface area contributed by atoms with Crippen LogP contribution in [-0.2, 0) is 22.6 Å². The van der Waals surface area contributed by atoms with E-state index in [-0.39, 0.29) is 30.1 Å². The Labute approximate surface area is 209 Å². The van der Waals surface area contributed by atoms with Crippen molar-refractivity contribution in [1.82, 2.24) is 20.0 Å². The zero-order valence-corrected chi connectivity index (χ0v) is 21.9. The Bertz CT molecular complexity index is 740. The molecule has 0 aliphatic carbocycles. The minimum Gasteiger partial charge on any atom is -0.450 e. The highest BCUT2D eigenvalue weighted by molar-refractivity contribution is 14.0. The predicted octanol–water partition coefficient (Wildman–Crippen LogP) is 2.76. The number of benzene rings is 1. The van der Waals surface area contributed by atoms with Gasteiger partial charge in [0.05, 0.1) is 25.9 Å². The fourth-order valence-electron chi connectivity index (χ4n) is 4.03. The van der Waals surface area contributed by atoms with Gasteiger partial charge in [0, 0.05) is 52.4 Å². The number of carbonyl (C=O) groups is 1. The smallest absolute Gasteiger partial charge is 0.409 e. The van der Waals surface area contributed by atoms with Crippen LogP contribution in [0.25, 0.3) is 0 Å². The first-order chi connectivity index (χ1) is 15.1. The number of guanidine groups is 1. The van der Waals surface area contributed by atoms with Gasteiger partial charge in [0.15, 0.2) is 5.96 Å². The van der Waals surface area contributed by atoms with E-state index in [1.807, 2.05) is 6.92 Å². The number of amides is 1. The summed E-state index contributed by atoms with van der Waals surface area (Å²) in [6.45, 7) is 14.4. The van der Waals surface area contributed by atoms with Gasteiger partial charge in [-0.2, -0.15) is 0 Å². The van der Waals surface area contributed by atoms with Gasteiger partial charge in [-0.3, -0.25) is 4.90 Å². The average Bonchev–Trinajstić information content (AvgIpc) is 2.77. The number of nitrogens with zero attached hydrogens (tertiary/aromatic N) is 4. The lowest BCUT2D eigenvalue weighted by Gasteiger charge is -2.35. The van der Waals surface area contributed by atoms with Crippen LogP contribution in [0, 0.1) is 0 Å². The molecule has 1 aromatic rings. The molecule has 2 aliphatic rings. The molecule has 2 heterocycles. The van der Waals surface area contributed by atoms with E-state index >= 15 is 0 Å². The molecule has 9 heteroatoms. The van der Waals surface area contributed by atoms with Crippen molar-refractivity contribution >= 4 is 36.0 Å². The van der Waals surface area contributed by atoms with Gasteiger partial charge in [-0.1, -0.05) is 24.3 Å². The van der Waals surface area contributed by atoms with Crippen molar-refractivity contribution in [2.75, 3.05) is 59.0 Å². The van der Waals surface area contributed by atoms with Gasteiger partial charge in [-0.15, -0.1) is 24.0 Å². The zero-order chi connectivity index (χ0) is 22.1. The molecule has 0 spiro atoms.